The van der Waals surface area contributed by atoms with E-state index in [0.717, 1.165) is 12.3 Å². The van der Waals surface area contributed by atoms with E-state index in [1.807, 2.05) is 18.3 Å². The second-order valence-electron chi connectivity index (χ2n) is 10.7. The smallest absolute Gasteiger partial charge is 0.136 e. The van der Waals surface area contributed by atoms with Crippen LogP contribution < -0.4 is 4.74 Å². The average molecular weight is 482 g/mol. The number of nitrogens with zero attached hydrogens (tertiary/aromatic N) is 1. The number of aromatic nitrogens is 1. The van der Waals surface area contributed by atoms with Gasteiger partial charge < -0.3 is 4.74 Å². The predicted octanol–water partition coefficient (Wildman–Crippen LogP) is 10.3. The SMILES string of the molecule is CCCCCCCCCOc1ccc(-c2ccc([C@H]3CC[C@H](CCCCCC)CC3)cn2)c(F)c1. The summed E-state index contributed by atoms with van der Waals surface area (Å²) in [7, 11) is 0. The Hall–Kier alpha value is -1.90. The zero-order valence-corrected chi connectivity index (χ0v) is 22.4. The van der Waals surface area contributed by atoms with Gasteiger partial charge in [0, 0.05) is 17.8 Å². The number of pyridine rings is 1. The van der Waals surface area contributed by atoms with Crippen molar-refractivity contribution in [1.82, 2.24) is 4.98 Å². The molecule has 1 aromatic heterocycles. The van der Waals surface area contributed by atoms with Crippen molar-refractivity contribution in [3.63, 3.8) is 0 Å². The van der Waals surface area contributed by atoms with Crippen LogP contribution in [0.4, 0.5) is 4.39 Å². The van der Waals surface area contributed by atoms with Crippen LogP contribution in [0.5, 0.6) is 5.75 Å². The highest BCUT2D eigenvalue weighted by molar-refractivity contribution is 5.61. The van der Waals surface area contributed by atoms with Crippen molar-refractivity contribution in [2.45, 2.75) is 122 Å². The standard InChI is InChI=1S/C32H48FNO/c1-3-5-7-9-10-11-13-23-35-29-20-21-30(31(33)24-29)32-22-19-28(25-34-32)27-17-15-26(16-18-27)14-12-8-6-4-2/h19-22,24-27H,3-18,23H2,1-2H3/t26-,27-. The lowest BCUT2D eigenvalue weighted by atomic mass is 9.77. The molecule has 0 amide bonds. The van der Waals surface area contributed by atoms with Gasteiger partial charge in [0.2, 0.25) is 0 Å². The molecule has 0 N–H and O–H groups in total. The van der Waals surface area contributed by atoms with Gasteiger partial charge in [0.25, 0.3) is 0 Å². The summed E-state index contributed by atoms with van der Waals surface area (Å²) >= 11 is 0. The molecule has 1 fully saturated rings. The number of hydrogen-bond acceptors (Lipinski definition) is 2. The van der Waals surface area contributed by atoms with Crippen LogP contribution in [0.2, 0.25) is 0 Å². The Labute approximate surface area is 214 Å². The molecule has 2 aromatic rings. The molecule has 1 saturated carbocycles. The van der Waals surface area contributed by atoms with Crippen LogP contribution in [-0.2, 0) is 0 Å². The van der Waals surface area contributed by atoms with Crippen molar-refractivity contribution in [2.75, 3.05) is 6.61 Å². The maximum Gasteiger partial charge on any atom is 0.136 e. The normalized spacial score (nSPS) is 18.0. The van der Waals surface area contributed by atoms with E-state index in [2.05, 4.69) is 24.9 Å². The Bertz CT molecular complexity index is 826. The largest absolute Gasteiger partial charge is 0.493 e. The number of benzene rings is 1. The van der Waals surface area contributed by atoms with E-state index in [9.17, 15) is 4.39 Å². The van der Waals surface area contributed by atoms with Gasteiger partial charge in [-0.1, -0.05) is 90.5 Å². The third kappa shape index (κ3) is 9.58. The Kier molecular flexibility index (Phi) is 12.6. The number of halogens is 1. The molecule has 0 bridgehead atoms. The van der Waals surface area contributed by atoms with E-state index in [1.54, 1.807) is 6.07 Å². The molecule has 0 unspecified atom stereocenters. The second kappa shape index (κ2) is 16.0. The van der Waals surface area contributed by atoms with Gasteiger partial charge in [0.1, 0.15) is 11.6 Å². The van der Waals surface area contributed by atoms with Crippen LogP contribution in [0.15, 0.2) is 36.5 Å². The molecule has 2 nitrogen and oxygen atoms in total. The maximum atomic E-state index is 14.8. The van der Waals surface area contributed by atoms with E-state index >= 15 is 0 Å². The van der Waals surface area contributed by atoms with Crippen molar-refractivity contribution in [1.29, 1.82) is 0 Å². The van der Waals surface area contributed by atoms with Gasteiger partial charge in [-0.2, -0.15) is 0 Å². The van der Waals surface area contributed by atoms with Crippen molar-refractivity contribution in [3.05, 3.63) is 47.9 Å². The average Bonchev–Trinajstić information content (AvgIpc) is 2.89. The molecule has 0 atom stereocenters. The highest BCUT2D eigenvalue weighted by Crippen LogP contribution is 2.38. The molecular weight excluding hydrogens is 433 g/mol. The second-order valence-corrected chi connectivity index (χ2v) is 10.7. The molecule has 0 saturated heterocycles. The fourth-order valence-electron chi connectivity index (χ4n) is 5.49. The molecule has 35 heavy (non-hydrogen) atoms. The van der Waals surface area contributed by atoms with Crippen LogP contribution in [0.1, 0.15) is 128 Å². The molecule has 0 aliphatic heterocycles. The van der Waals surface area contributed by atoms with Crippen LogP contribution in [0.3, 0.4) is 0 Å². The van der Waals surface area contributed by atoms with Gasteiger partial charge in [-0.05, 0) is 67.7 Å². The van der Waals surface area contributed by atoms with Crippen LogP contribution >= 0.6 is 0 Å². The summed E-state index contributed by atoms with van der Waals surface area (Å²) in [5, 5.41) is 0. The van der Waals surface area contributed by atoms with Crippen LogP contribution in [0, 0.1) is 11.7 Å². The van der Waals surface area contributed by atoms with Gasteiger partial charge >= 0.3 is 0 Å². The summed E-state index contributed by atoms with van der Waals surface area (Å²) in [4.78, 5) is 4.64. The summed E-state index contributed by atoms with van der Waals surface area (Å²) in [5.74, 6) is 1.87. The molecule has 3 rings (SSSR count). The molecule has 1 aliphatic carbocycles. The summed E-state index contributed by atoms with van der Waals surface area (Å²) in [5.41, 5.74) is 2.57. The zero-order valence-electron chi connectivity index (χ0n) is 22.4. The van der Waals surface area contributed by atoms with E-state index in [1.165, 1.54) is 108 Å². The van der Waals surface area contributed by atoms with Gasteiger partial charge in [0.05, 0.1) is 12.3 Å². The molecular formula is C32H48FNO. The third-order valence-electron chi connectivity index (χ3n) is 7.80. The summed E-state index contributed by atoms with van der Waals surface area (Å²) in [6.07, 6.45) is 22.8. The summed E-state index contributed by atoms with van der Waals surface area (Å²) < 4.78 is 20.6. The Morgan fingerprint density at radius 2 is 1.49 bits per heavy atom. The lowest BCUT2D eigenvalue weighted by Gasteiger charge is -2.28. The van der Waals surface area contributed by atoms with Crippen LogP contribution in [-0.4, -0.2) is 11.6 Å². The first-order valence-electron chi connectivity index (χ1n) is 14.6. The van der Waals surface area contributed by atoms with E-state index in [-0.39, 0.29) is 5.82 Å². The van der Waals surface area contributed by atoms with Gasteiger partial charge in [-0.25, -0.2) is 4.39 Å². The van der Waals surface area contributed by atoms with Crippen molar-refractivity contribution in [3.8, 4) is 17.0 Å². The van der Waals surface area contributed by atoms with Gasteiger partial charge in [-0.15, -0.1) is 0 Å². The predicted molar refractivity (Wildman–Crippen MR) is 147 cm³/mol. The summed E-state index contributed by atoms with van der Waals surface area (Å²) in [6.45, 7) is 5.17. The summed E-state index contributed by atoms with van der Waals surface area (Å²) in [6, 6.07) is 9.34. The monoisotopic (exact) mass is 481 g/mol. The molecule has 1 aliphatic rings. The van der Waals surface area contributed by atoms with Crippen molar-refractivity contribution >= 4 is 0 Å². The quantitative estimate of drug-likeness (QED) is 0.222. The van der Waals surface area contributed by atoms with Gasteiger partial charge in [-0.3, -0.25) is 4.98 Å². The lowest BCUT2D eigenvalue weighted by Crippen LogP contribution is -2.13. The fourth-order valence-corrected chi connectivity index (χ4v) is 5.49. The number of rotatable bonds is 16. The van der Waals surface area contributed by atoms with E-state index in [0.29, 0.717) is 29.5 Å². The highest BCUT2D eigenvalue weighted by Gasteiger charge is 2.22. The van der Waals surface area contributed by atoms with E-state index in [4.69, 9.17) is 4.74 Å². The highest BCUT2D eigenvalue weighted by atomic mass is 19.1. The molecule has 1 aromatic carbocycles. The number of unbranched alkanes of at least 4 members (excludes halogenated alkanes) is 9. The minimum Gasteiger partial charge on any atom is -0.493 e. The maximum absolute atomic E-state index is 14.8. The Balaban J connectivity index is 1.42. The molecule has 0 spiro atoms. The van der Waals surface area contributed by atoms with E-state index < -0.39 is 0 Å². The first-order valence-corrected chi connectivity index (χ1v) is 14.6. The molecule has 1 heterocycles. The number of hydrogen-bond donors (Lipinski definition) is 0. The first kappa shape index (κ1) is 27.7. The van der Waals surface area contributed by atoms with Crippen molar-refractivity contribution < 1.29 is 9.13 Å². The Morgan fingerprint density at radius 1 is 0.800 bits per heavy atom. The topological polar surface area (TPSA) is 22.1 Å². The number of ether oxygens (including phenoxy) is 1. The molecule has 0 radical (unpaired) electrons. The van der Waals surface area contributed by atoms with Gasteiger partial charge in [0.15, 0.2) is 0 Å². The fraction of sp³-hybridized carbons (Fsp3) is 0.656. The molecule has 194 valence electrons. The minimum absolute atomic E-state index is 0.258. The van der Waals surface area contributed by atoms with Crippen LogP contribution in [0.25, 0.3) is 11.3 Å². The lowest BCUT2D eigenvalue weighted by molar-refractivity contribution is 0.302. The zero-order chi connectivity index (χ0) is 24.7. The Morgan fingerprint density at radius 3 is 2.14 bits per heavy atom. The minimum atomic E-state index is -0.258. The van der Waals surface area contributed by atoms with Crippen molar-refractivity contribution in [2.24, 2.45) is 5.92 Å². The third-order valence-corrected chi connectivity index (χ3v) is 7.80. The first-order chi connectivity index (χ1) is 17.2. The molecule has 3 heteroatoms.